The summed E-state index contributed by atoms with van der Waals surface area (Å²) in [6.07, 6.45) is 6.38. The molecule has 246 valence electrons. The zero-order valence-corrected chi connectivity index (χ0v) is 26.9. The van der Waals surface area contributed by atoms with E-state index in [1.165, 1.54) is 8.80 Å². The van der Waals surface area contributed by atoms with E-state index >= 15 is 0 Å². The van der Waals surface area contributed by atoms with Gasteiger partial charge in [0.05, 0.1) is 0 Å². The summed E-state index contributed by atoms with van der Waals surface area (Å²) in [4.78, 5) is 72.2. The quantitative estimate of drug-likeness (QED) is 0.236. The zero-order valence-electron chi connectivity index (χ0n) is 26.9. The monoisotopic (exact) mass is 678 g/mol. The number of hydrogen-bond acceptors (Lipinski definition) is 8. The Kier molecular flexibility index (Phi) is 6.18. The number of nitrogens with zero attached hydrogens (tertiary/aromatic N) is 8. The van der Waals surface area contributed by atoms with Gasteiger partial charge in [0.15, 0.2) is 22.9 Å². The van der Waals surface area contributed by atoms with Crippen LogP contribution in [-0.2, 0) is 0 Å². The number of hydrogen-bond donors (Lipinski definition) is 0. The van der Waals surface area contributed by atoms with Crippen molar-refractivity contribution in [1.82, 2.24) is 37.9 Å². The number of rotatable bonds is 3. The first-order valence-electron chi connectivity index (χ1n) is 16.3. The molecule has 12 nitrogen and oxygen atoms in total. The second kappa shape index (κ2) is 11.0. The van der Waals surface area contributed by atoms with E-state index in [0.717, 1.165) is 41.8 Å². The first kappa shape index (κ1) is 29.3. The van der Waals surface area contributed by atoms with Crippen LogP contribution in [0.3, 0.4) is 0 Å². The normalized spacial score (nSPS) is 11.8. The van der Waals surface area contributed by atoms with Gasteiger partial charge in [-0.25, -0.2) is 29.1 Å². The lowest BCUT2D eigenvalue weighted by atomic mass is 9.98. The summed E-state index contributed by atoms with van der Waals surface area (Å²) in [6, 6.07) is 33.2. The van der Waals surface area contributed by atoms with Crippen LogP contribution in [0.1, 0.15) is 0 Å². The van der Waals surface area contributed by atoms with Crippen LogP contribution in [0.5, 0.6) is 0 Å². The molecule has 0 saturated carbocycles. The molecule has 0 radical (unpaired) electrons. The van der Waals surface area contributed by atoms with Gasteiger partial charge in [0, 0.05) is 51.9 Å². The van der Waals surface area contributed by atoms with E-state index in [9.17, 15) is 19.2 Å². The van der Waals surface area contributed by atoms with E-state index in [1.807, 2.05) is 103 Å². The van der Waals surface area contributed by atoms with Crippen LogP contribution < -0.4 is 22.8 Å². The highest BCUT2D eigenvalue weighted by atomic mass is 16.2. The van der Waals surface area contributed by atoms with E-state index in [0.29, 0.717) is 21.5 Å². The van der Waals surface area contributed by atoms with Gasteiger partial charge >= 0.3 is 22.8 Å². The van der Waals surface area contributed by atoms with Crippen molar-refractivity contribution in [1.29, 1.82) is 0 Å². The van der Waals surface area contributed by atoms with Crippen LogP contribution in [0.2, 0.25) is 0 Å². The van der Waals surface area contributed by atoms with E-state index in [4.69, 9.17) is 0 Å². The number of pyridine rings is 4. The minimum Gasteiger partial charge on any atom is -0.252 e. The van der Waals surface area contributed by atoms with Crippen molar-refractivity contribution in [3.8, 4) is 22.8 Å². The van der Waals surface area contributed by atoms with Crippen molar-refractivity contribution in [2.45, 2.75) is 0 Å². The molecular weight excluding hydrogens is 656 g/mol. The molecule has 0 saturated heterocycles. The number of fused-ring (bicyclic) bond motifs is 8. The lowest BCUT2D eigenvalue weighted by molar-refractivity contribution is 0.784. The van der Waals surface area contributed by atoms with Gasteiger partial charge in [-0.15, -0.1) is 0 Å². The van der Waals surface area contributed by atoms with Gasteiger partial charge in [0.1, 0.15) is 0 Å². The molecule has 0 unspecified atom stereocenters. The highest BCUT2D eigenvalue weighted by Gasteiger charge is 2.19. The molecule has 6 aromatic heterocycles. The molecule has 0 aliphatic carbocycles. The van der Waals surface area contributed by atoms with Crippen LogP contribution in [0, 0.1) is 0 Å². The van der Waals surface area contributed by atoms with Crippen molar-refractivity contribution in [3.05, 3.63) is 176 Å². The fraction of sp³-hybridized carbons (Fsp3) is 0. The SMILES string of the molecule is O=c1nc2c3ccc(-c4cnc(-n5c(=O)nc6c7ccccc7ccn6c5=O)c5ccccc45)cc3ccn2c(=O)n1-c1nccc2ccccc12. The Morgan fingerprint density at radius 1 is 0.462 bits per heavy atom. The Morgan fingerprint density at radius 3 is 1.69 bits per heavy atom. The highest BCUT2D eigenvalue weighted by molar-refractivity contribution is 6.03. The second-order valence-corrected chi connectivity index (χ2v) is 12.3. The minimum absolute atomic E-state index is 0.164. The van der Waals surface area contributed by atoms with E-state index in [2.05, 4.69) is 19.9 Å². The molecule has 6 heterocycles. The van der Waals surface area contributed by atoms with Crippen molar-refractivity contribution in [3.63, 3.8) is 0 Å². The molecule has 0 N–H and O–H groups in total. The molecule has 0 fully saturated rings. The third kappa shape index (κ3) is 4.21. The molecule has 52 heavy (non-hydrogen) atoms. The summed E-state index contributed by atoms with van der Waals surface area (Å²) >= 11 is 0. The Labute approximate surface area is 290 Å². The van der Waals surface area contributed by atoms with Gasteiger partial charge < -0.3 is 0 Å². The van der Waals surface area contributed by atoms with Gasteiger partial charge in [-0.3, -0.25) is 8.80 Å². The van der Waals surface area contributed by atoms with Gasteiger partial charge in [0.2, 0.25) is 0 Å². The molecule has 0 bridgehead atoms. The highest BCUT2D eigenvalue weighted by Crippen LogP contribution is 2.33. The average molecular weight is 679 g/mol. The van der Waals surface area contributed by atoms with Gasteiger partial charge in [-0.05, 0) is 51.4 Å². The third-order valence-electron chi connectivity index (χ3n) is 9.50. The molecular formula is C40H22N8O4. The van der Waals surface area contributed by atoms with Crippen LogP contribution in [0.25, 0.3) is 77.1 Å². The lowest BCUT2D eigenvalue weighted by Crippen LogP contribution is -2.38. The Balaban J connectivity index is 1.12. The topological polar surface area (TPSA) is 139 Å². The molecule has 0 spiro atoms. The Hall–Kier alpha value is -7.60. The van der Waals surface area contributed by atoms with Crippen molar-refractivity contribution in [2.24, 2.45) is 0 Å². The van der Waals surface area contributed by atoms with E-state index in [1.54, 1.807) is 30.9 Å². The molecule has 0 aliphatic rings. The van der Waals surface area contributed by atoms with E-state index in [-0.39, 0.29) is 22.9 Å². The first-order valence-corrected chi connectivity index (χ1v) is 16.3. The van der Waals surface area contributed by atoms with Crippen molar-refractivity contribution >= 4 is 54.4 Å². The van der Waals surface area contributed by atoms with Crippen molar-refractivity contribution < 1.29 is 0 Å². The fourth-order valence-corrected chi connectivity index (χ4v) is 7.06. The van der Waals surface area contributed by atoms with Gasteiger partial charge in [0.25, 0.3) is 0 Å². The predicted octanol–water partition coefficient (Wildman–Crippen LogP) is 5.07. The van der Waals surface area contributed by atoms with Crippen LogP contribution in [0.4, 0.5) is 0 Å². The van der Waals surface area contributed by atoms with Gasteiger partial charge in [-0.2, -0.15) is 19.1 Å². The summed E-state index contributed by atoms with van der Waals surface area (Å²) < 4.78 is 4.67. The zero-order chi connectivity index (χ0) is 35.1. The molecule has 0 aliphatic heterocycles. The molecule has 4 aromatic carbocycles. The second-order valence-electron chi connectivity index (χ2n) is 12.3. The Morgan fingerprint density at radius 2 is 1.00 bits per heavy atom. The average Bonchev–Trinajstić information content (AvgIpc) is 3.17. The van der Waals surface area contributed by atoms with Gasteiger partial charge in [-0.1, -0.05) is 84.9 Å². The summed E-state index contributed by atoms with van der Waals surface area (Å²) in [5.74, 6) is 0.378. The summed E-state index contributed by atoms with van der Waals surface area (Å²) in [7, 11) is 0. The summed E-state index contributed by atoms with van der Waals surface area (Å²) in [5.41, 5.74) is -0.618. The summed E-state index contributed by atoms with van der Waals surface area (Å²) in [6.45, 7) is 0. The summed E-state index contributed by atoms with van der Waals surface area (Å²) in [5, 5.41) is 5.71. The van der Waals surface area contributed by atoms with Crippen molar-refractivity contribution in [2.75, 3.05) is 0 Å². The van der Waals surface area contributed by atoms with Crippen LogP contribution in [-0.4, -0.2) is 37.9 Å². The first-order chi connectivity index (χ1) is 25.5. The maximum atomic E-state index is 13.8. The molecule has 0 atom stereocenters. The largest absolute Gasteiger partial charge is 0.359 e. The predicted molar refractivity (Wildman–Crippen MR) is 199 cm³/mol. The molecule has 10 rings (SSSR count). The standard InChI is InChI=1S/C40H22N8O4/c49-37-44-36-29-14-13-25(21-26(29)17-20-46(36)39(51)47(37)33-27-9-3-1-7-23(27)15-18-41-33)32-22-42-34(31-12-6-5-11-30(31)32)48-38(50)43-35-28-10-4-2-8-24(28)16-19-45(35)40(48)52/h1-22H. The molecule has 0 amide bonds. The molecule has 12 heteroatoms. The fourth-order valence-electron chi connectivity index (χ4n) is 7.06. The van der Waals surface area contributed by atoms with Crippen LogP contribution >= 0.6 is 0 Å². The minimum atomic E-state index is -0.737. The molecule has 10 aromatic rings. The number of benzene rings is 4. The lowest BCUT2D eigenvalue weighted by Gasteiger charge is -2.14. The van der Waals surface area contributed by atoms with E-state index < -0.39 is 22.8 Å². The smallest absolute Gasteiger partial charge is 0.252 e. The maximum absolute atomic E-state index is 13.8. The maximum Gasteiger partial charge on any atom is 0.359 e. The van der Waals surface area contributed by atoms with Crippen LogP contribution in [0.15, 0.2) is 153 Å². The Bertz CT molecular complexity index is 3410. The third-order valence-corrected chi connectivity index (χ3v) is 9.50. The number of aromatic nitrogens is 8.